The Bertz CT molecular complexity index is 460. The Morgan fingerprint density at radius 2 is 1.60 bits per heavy atom. The van der Waals surface area contributed by atoms with Crippen LogP contribution in [0.3, 0.4) is 0 Å². The van der Waals surface area contributed by atoms with Crippen molar-refractivity contribution in [2.45, 2.75) is 72.1 Å². The normalized spacial score (nSPS) is 24.1. The molecule has 0 aliphatic heterocycles. The van der Waals surface area contributed by atoms with Crippen molar-refractivity contribution in [3.63, 3.8) is 0 Å². The van der Waals surface area contributed by atoms with Crippen LogP contribution >= 0.6 is 0 Å². The molecule has 0 aromatic rings. The summed E-state index contributed by atoms with van der Waals surface area (Å²) in [6, 6.07) is 0. The van der Waals surface area contributed by atoms with Crippen LogP contribution in [-0.4, -0.2) is 6.29 Å². The first-order valence-electron chi connectivity index (χ1n) is 8.10. The molecule has 2 aliphatic rings. The first kappa shape index (κ1) is 15.3. The molecule has 1 heteroatoms. The lowest BCUT2D eigenvalue weighted by Gasteiger charge is -2.33. The molecule has 0 unspecified atom stereocenters. The fourth-order valence-electron chi connectivity index (χ4n) is 3.65. The van der Waals surface area contributed by atoms with Gasteiger partial charge in [0, 0.05) is 0 Å². The average molecular weight is 272 g/mol. The number of rotatable bonds is 3. The van der Waals surface area contributed by atoms with E-state index in [4.69, 9.17) is 0 Å². The van der Waals surface area contributed by atoms with Crippen LogP contribution in [0.15, 0.2) is 34.4 Å². The highest BCUT2D eigenvalue weighted by Crippen LogP contribution is 2.41. The molecule has 0 heterocycles. The number of carbonyl (C=O) groups is 1. The van der Waals surface area contributed by atoms with E-state index >= 15 is 0 Å². The van der Waals surface area contributed by atoms with Crippen molar-refractivity contribution in [3.05, 3.63) is 34.4 Å². The van der Waals surface area contributed by atoms with Crippen molar-refractivity contribution >= 4 is 6.29 Å². The molecule has 0 fully saturated rings. The largest absolute Gasteiger partial charge is 0.298 e. The molecule has 0 atom stereocenters. The van der Waals surface area contributed by atoms with Gasteiger partial charge < -0.3 is 0 Å². The quantitative estimate of drug-likeness (QED) is 0.617. The molecule has 0 aromatic heterocycles. The van der Waals surface area contributed by atoms with E-state index < -0.39 is 0 Å². The van der Waals surface area contributed by atoms with E-state index in [2.05, 4.69) is 32.9 Å². The van der Waals surface area contributed by atoms with E-state index in [9.17, 15) is 4.79 Å². The molecule has 0 saturated heterocycles. The standard InChI is InChI=1S/C19H28O/c1-15-8-7-13-19(2,3)18(15)12-11-16-9-5-4-6-10-17(16)14-20/h11-12,14H,4-10,13H2,1-3H3/b12-11+. The first-order chi connectivity index (χ1) is 9.54. The Labute approximate surface area is 123 Å². The van der Waals surface area contributed by atoms with Gasteiger partial charge >= 0.3 is 0 Å². The monoisotopic (exact) mass is 272 g/mol. The van der Waals surface area contributed by atoms with Crippen molar-refractivity contribution in [3.8, 4) is 0 Å². The summed E-state index contributed by atoms with van der Waals surface area (Å²) in [4.78, 5) is 11.3. The molecular formula is C19H28O. The zero-order chi connectivity index (χ0) is 14.6. The predicted octanol–water partition coefficient (Wildman–Crippen LogP) is 5.53. The summed E-state index contributed by atoms with van der Waals surface area (Å²) in [5.41, 5.74) is 5.61. The van der Waals surface area contributed by atoms with Crippen molar-refractivity contribution < 1.29 is 4.79 Å². The van der Waals surface area contributed by atoms with Crippen LogP contribution in [0, 0.1) is 5.41 Å². The average Bonchev–Trinajstić information content (AvgIpc) is 2.62. The summed E-state index contributed by atoms with van der Waals surface area (Å²) in [6.45, 7) is 6.96. The first-order valence-corrected chi connectivity index (χ1v) is 8.10. The number of aldehydes is 1. The molecule has 0 spiro atoms. The summed E-state index contributed by atoms with van der Waals surface area (Å²) in [7, 11) is 0. The van der Waals surface area contributed by atoms with E-state index in [1.807, 2.05) is 0 Å². The molecule has 2 rings (SSSR count). The van der Waals surface area contributed by atoms with E-state index in [0.717, 1.165) is 24.7 Å². The molecule has 0 aromatic carbocycles. The summed E-state index contributed by atoms with van der Waals surface area (Å²) in [5, 5.41) is 0. The Morgan fingerprint density at radius 3 is 2.25 bits per heavy atom. The van der Waals surface area contributed by atoms with Gasteiger partial charge in [0.2, 0.25) is 0 Å². The van der Waals surface area contributed by atoms with Gasteiger partial charge in [0.25, 0.3) is 0 Å². The van der Waals surface area contributed by atoms with Crippen LogP contribution in [-0.2, 0) is 4.79 Å². The molecule has 0 radical (unpaired) electrons. The third kappa shape index (κ3) is 3.50. The van der Waals surface area contributed by atoms with Crippen molar-refractivity contribution in [1.82, 2.24) is 0 Å². The number of carbonyl (C=O) groups excluding carboxylic acids is 1. The minimum absolute atomic E-state index is 0.283. The van der Waals surface area contributed by atoms with Crippen LogP contribution in [0.25, 0.3) is 0 Å². The van der Waals surface area contributed by atoms with Gasteiger partial charge in [0.05, 0.1) is 0 Å². The number of hydrogen-bond acceptors (Lipinski definition) is 1. The molecule has 0 amide bonds. The van der Waals surface area contributed by atoms with E-state index in [1.54, 1.807) is 0 Å². The van der Waals surface area contributed by atoms with Gasteiger partial charge in [-0.25, -0.2) is 0 Å². The molecule has 0 bridgehead atoms. The van der Waals surface area contributed by atoms with Crippen LogP contribution in [0.1, 0.15) is 72.1 Å². The second-order valence-electron chi connectivity index (χ2n) is 6.99. The summed E-state index contributed by atoms with van der Waals surface area (Å²) < 4.78 is 0. The molecule has 2 aliphatic carbocycles. The summed E-state index contributed by atoms with van der Waals surface area (Å²) in [5.74, 6) is 0. The highest BCUT2D eigenvalue weighted by atomic mass is 16.1. The SMILES string of the molecule is CC1=C(/C=C/C2=C(C=O)CCCCC2)C(C)(C)CCC1. The van der Waals surface area contributed by atoms with E-state index in [0.29, 0.717) is 0 Å². The molecular weight excluding hydrogens is 244 g/mol. The van der Waals surface area contributed by atoms with Crippen LogP contribution in [0.5, 0.6) is 0 Å². The van der Waals surface area contributed by atoms with Crippen LogP contribution in [0.2, 0.25) is 0 Å². The number of hydrogen-bond donors (Lipinski definition) is 0. The smallest absolute Gasteiger partial charge is 0.146 e. The minimum Gasteiger partial charge on any atom is -0.298 e. The van der Waals surface area contributed by atoms with Gasteiger partial charge in [-0.2, -0.15) is 0 Å². The third-order valence-corrected chi connectivity index (χ3v) is 4.94. The van der Waals surface area contributed by atoms with Gasteiger partial charge in [-0.05, 0) is 74.0 Å². The highest BCUT2D eigenvalue weighted by Gasteiger charge is 2.26. The maximum Gasteiger partial charge on any atom is 0.146 e. The molecule has 110 valence electrons. The fourth-order valence-corrected chi connectivity index (χ4v) is 3.65. The van der Waals surface area contributed by atoms with Crippen LogP contribution in [0.4, 0.5) is 0 Å². The third-order valence-electron chi connectivity index (χ3n) is 4.94. The lowest BCUT2D eigenvalue weighted by atomic mass is 9.72. The highest BCUT2D eigenvalue weighted by molar-refractivity contribution is 5.75. The topological polar surface area (TPSA) is 17.1 Å². The zero-order valence-electron chi connectivity index (χ0n) is 13.3. The predicted molar refractivity (Wildman–Crippen MR) is 85.6 cm³/mol. The second kappa shape index (κ2) is 6.56. The van der Waals surface area contributed by atoms with Crippen molar-refractivity contribution in [1.29, 1.82) is 0 Å². The maximum atomic E-state index is 11.3. The summed E-state index contributed by atoms with van der Waals surface area (Å²) >= 11 is 0. The Balaban J connectivity index is 2.27. The van der Waals surface area contributed by atoms with Gasteiger partial charge in [0.15, 0.2) is 0 Å². The molecule has 0 saturated carbocycles. The van der Waals surface area contributed by atoms with Gasteiger partial charge in [-0.15, -0.1) is 0 Å². The summed E-state index contributed by atoms with van der Waals surface area (Å²) in [6.07, 6.45) is 15.1. The maximum absolute atomic E-state index is 11.3. The Hall–Kier alpha value is -1.11. The Morgan fingerprint density at radius 1 is 0.900 bits per heavy atom. The molecule has 1 nitrogen and oxygen atoms in total. The second-order valence-corrected chi connectivity index (χ2v) is 6.99. The number of allylic oxidation sites excluding steroid dienone is 6. The lowest BCUT2D eigenvalue weighted by Crippen LogP contribution is -2.19. The van der Waals surface area contributed by atoms with Crippen molar-refractivity contribution in [2.75, 3.05) is 0 Å². The van der Waals surface area contributed by atoms with E-state index in [-0.39, 0.29) is 5.41 Å². The van der Waals surface area contributed by atoms with Gasteiger partial charge in [-0.1, -0.05) is 38.0 Å². The molecule has 0 N–H and O–H groups in total. The van der Waals surface area contributed by atoms with E-state index in [1.165, 1.54) is 55.2 Å². The van der Waals surface area contributed by atoms with Crippen LogP contribution < -0.4 is 0 Å². The van der Waals surface area contributed by atoms with Crippen molar-refractivity contribution in [2.24, 2.45) is 5.41 Å². The Kier molecular flexibility index (Phi) is 5.01. The van der Waals surface area contributed by atoms with Gasteiger partial charge in [-0.3, -0.25) is 4.79 Å². The fraction of sp³-hybridized carbons (Fsp3) is 0.632. The zero-order valence-corrected chi connectivity index (χ0v) is 13.3. The minimum atomic E-state index is 0.283. The van der Waals surface area contributed by atoms with Gasteiger partial charge in [0.1, 0.15) is 6.29 Å². The lowest BCUT2D eigenvalue weighted by molar-refractivity contribution is -0.105. The molecule has 20 heavy (non-hydrogen) atoms.